The van der Waals surface area contributed by atoms with Crippen LogP contribution in [0, 0.1) is 0 Å². The van der Waals surface area contributed by atoms with Crippen LogP contribution in [-0.4, -0.2) is 32.7 Å². The van der Waals surface area contributed by atoms with Crippen molar-refractivity contribution in [2.45, 2.75) is 4.90 Å². The number of benzene rings is 3. The highest BCUT2D eigenvalue weighted by Gasteiger charge is 2.17. The van der Waals surface area contributed by atoms with Crippen LogP contribution in [-0.2, 0) is 4.79 Å². The van der Waals surface area contributed by atoms with Crippen LogP contribution in [0.1, 0.15) is 10.5 Å². The molecular weight excluding hydrogens is 502 g/mol. The number of halogens is 1. The van der Waals surface area contributed by atoms with Crippen molar-refractivity contribution in [1.29, 1.82) is 0 Å². The number of hydrogen-bond acceptors (Lipinski definition) is 6. The Hall–Kier alpha value is -4.28. The average Bonchev–Trinajstić information content (AvgIpc) is 3.51. The van der Waals surface area contributed by atoms with Crippen LogP contribution in [0.3, 0.4) is 0 Å². The number of para-hydroxylation sites is 1. The zero-order chi connectivity index (χ0) is 25.1. The fourth-order valence-corrected chi connectivity index (χ4v) is 4.48. The van der Waals surface area contributed by atoms with Gasteiger partial charge in [-0.25, -0.2) is 4.79 Å². The first-order chi connectivity index (χ1) is 17.5. The molecule has 0 atom stereocenters. The average molecular weight is 520 g/mol. The van der Waals surface area contributed by atoms with Gasteiger partial charge in [-0.2, -0.15) is 0 Å². The molecule has 2 aromatic heterocycles. The minimum absolute atomic E-state index is 0.132. The molecule has 0 saturated carbocycles. The van der Waals surface area contributed by atoms with Crippen molar-refractivity contribution in [2.24, 2.45) is 0 Å². The van der Waals surface area contributed by atoms with Crippen molar-refractivity contribution >= 4 is 57.5 Å². The summed E-state index contributed by atoms with van der Waals surface area (Å²) in [6, 6.07) is 21.5. The van der Waals surface area contributed by atoms with E-state index in [1.807, 2.05) is 36.4 Å². The number of fused-ring (bicyclic) bond motifs is 1. The quantitative estimate of drug-likeness (QED) is 0.220. The fourth-order valence-electron chi connectivity index (χ4n) is 3.59. The monoisotopic (exact) mass is 519 g/mol. The van der Waals surface area contributed by atoms with Crippen molar-refractivity contribution in [3.63, 3.8) is 0 Å². The molecule has 11 heteroatoms. The van der Waals surface area contributed by atoms with Crippen LogP contribution in [0.25, 0.3) is 22.3 Å². The number of rotatable bonds is 7. The Balaban J connectivity index is 1.35. The molecule has 5 aromatic rings. The third-order valence-electron chi connectivity index (χ3n) is 5.21. The first-order valence-corrected chi connectivity index (χ1v) is 12.1. The fraction of sp³-hybridized carbons (Fsp3) is 0.0400. The summed E-state index contributed by atoms with van der Waals surface area (Å²) in [7, 11) is 0. The number of carbonyl (C=O) groups is 2. The van der Waals surface area contributed by atoms with Gasteiger partial charge >= 0.3 is 5.76 Å². The van der Waals surface area contributed by atoms with E-state index in [2.05, 4.69) is 30.3 Å². The number of nitrogens with one attached hydrogen (secondary N) is 4. The normalized spacial score (nSPS) is 10.9. The zero-order valence-electron chi connectivity index (χ0n) is 18.5. The van der Waals surface area contributed by atoms with Gasteiger partial charge in [-0.05, 0) is 42.5 Å². The summed E-state index contributed by atoms with van der Waals surface area (Å²) < 4.78 is 4.57. The molecule has 9 nitrogen and oxygen atoms in total. The van der Waals surface area contributed by atoms with E-state index < -0.39 is 11.7 Å². The topological polar surface area (TPSA) is 133 Å². The third kappa shape index (κ3) is 5.19. The van der Waals surface area contributed by atoms with Crippen LogP contribution in [0.2, 0.25) is 5.02 Å². The van der Waals surface area contributed by atoms with Crippen LogP contribution < -0.4 is 16.4 Å². The van der Waals surface area contributed by atoms with E-state index in [9.17, 15) is 14.4 Å². The molecule has 5 rings (SSSR count). The molecule has 0 fully saturated rings. The molecule has 0 aliphatic rings. The highest BCUT2D eigenvalue weighted by molar-refractivity contribution is 8.00. The van der Waals surface area contributed by atoms with E-state index >= 15 is 0 Å². The smallest absolute Gasteiger partial charge is 0.349 e. The lowest BCUT2D eigenvalue weighted by Crippen LogP contribution is -2.14. The molecule has 2 heterocycles. The van der Waals surface area contributed by atoms with Gasteiger partial charge < -0.3 is 15.6 Å². The van der Waals surface area contributed by atoms with Gasteiger partial charge in [0.1, 0.15) is 5.69 Å². The summed E-state index contributed by atoms with van der Waals surface area (Å²) in [5.74, 6) is -0.942. The number of hydrogen-bond donors (Lipinski definition) is 4. The SMILES string of the molecule is O=C(CSc1ccccc1)Nc1cccc2cc(C(=O)Nc3ccc(Cl)cc3-c3noc(=O)[nH]3)[nH]c12. The predicted octanol–water partition coefficient (Wildman–Crippen LogP) is 5.15. The maximum absolute atomic E-state index is 13.1. The van der Waals surface area contributed by atoms with Gasteiger partial charge in [0.25, 0.3) is 5.91 Å². The summed E-state index contributed by atoms with van der Waals surface area (Å²) in [6.07, 6.45) is 0. The van der Waals surface area contributed by atoms with E-state index in [0.29, 0.717) is 27.5 Å². The highest BCUT2D eigenvalue weighted by Crippen LogP contribution is 2.30. The maximum atomic E-state index is 13.1. The van der Waals surface area contributed by atoms with Gasteiger partial charge in [0, 0.05) is 20.9 Å². The maximum Gasteiger partial charge on any atom is 0.439 e. The largest absolute Gasteiger partial charge is 0.439 e. The summed E-state index contributed by atoms with van der Waals surface area (Å²) >= 11 is 7.53. The molecule has 0 radical (unpaired) electrons. The van der Waals surface area contributed by atoms with Gasteiger partial charge in [-0.1, -0.05) is 47.1 Å². The summed E-state index contributed by atoms with van der Waals surface area (Å²) in [4.78, 5) is 43.5. The summed E-state index contributed by atoms with van der Waals surface area (Å²) in [5.41, 5.74) is 2.23. The second kappa shape index (κ2) is 10.1. The molecular formula is C25H18ClN5O4S. The molecule has 0 aliphatic carbocycles. The number of amides is 2. The Labute approximate surface area is 213 Å². The molecule has 180 valence electrons. The Morgan fingerprint density at radius 2 is 1.78 bits per heavy atom. The van der Waals surface area contributed by atoms with E-state index in [1.165, 1.54) is 11.8 Å². The summed E-state index contributed by atoms with van der Waals surface area (Å²) in [5, 5.41) is 10.5. The number of aromatic amines is 2. The lowest BCUT2D eigenvalue weighted by atomic mass is 10.1. The van der Waals surface area contributed by atoms with Crippen LogP contribution in [0.5, 0.6) is 0 Å². The molecule has 0 spiro atoms. The van der Waals surface area contributed by atoms with E-state index in [1.54, 1.807) is 36.4 Å². The number of thioether (sulfide) groups is 1. The van der Waals surface area contributed by atoms with Gasteiger partial charge in [0.15, 0.2) is 5.82 Å². The number of carbonyl (C=O) groups excluding carboxylic acids is 2. The number of nitrogens with zero attached hydrogens (tertiary/aromatic N) is 1. The van der Waals surface area contributed by atoms with Gasteiger partial charge in [0.05, 0.1) is 22.6 Å². The molecule has 0 saturated heterocycles. The molecule has 0 bridgehead atoms. The second-order valence-corrected chi connectivity index (χ2v) is 9.18. The Morgan fingerprint density at radius 1 is 0.944 bits per heavy atom. The third-order valence-corrected chi connectivity index (χ3v) is 6.46. The van der Waals surface area contributed by atoms with Gasteiger partial charge in [-0.3, -0.25) is 19.1 Å². The summed E-state index contributed by atoms with van der Waals surface area (Å²) in [6.45, 7) is 0. The van der Waals surface area contributed by atoms with E-state index in [4.69, 9.17) is 11.6 Å². The van der Waals surface area contributed by atoms with Crippen molar-refractivity contribution in [2.75, 3.05) is 16.4 Å². The van der Waals surface area contributed by atoms with Crippen molar-refractivity contribution in [3.8, 4) is 11.4 Å². The Morgan fingerprint density at radius 3 is 2.56 bits per heavy atom. The number of aromatic nitrogens is 3. The Bertz CT molecular complexity index is 1630. The molecule has 0 unspecified atom stereocenters. The lowest BCUT2D eigenvalue weighted by Gasteiger charge is -2.09. The predicted molar refractivity (Wildman–Crippen MR) is 140 cm³/mol. The van der Waals surface area contributed by atoms with Crippen LogP contribution >= 0.6 is 23.4 Å². The van der Waals surface area contributed by atoms with E-state index in [0.717, 1.165) is 10.3 Å². The molecule has 2 amide bonds. The van der Waals surface area contributed by atoms with Crippen LogP contribution in [0.15, 0.2) is 87.0 Å². The van der Waals surface area contributed by atoms with Crippen LogP contribution in [0.4, 0.5) is 11.4 Å². The van der Waals surface area contributed by atoms with Crippen molar-refractivity contribution in [3.05, 3.63) is 94.1 Å². The number of H-pyrrole nitrogens is 2. The first-order valence-electron chi connectivity index (χ1n) is 10.7. The van der Waals surface area contributed by atoms with E-state index in [-0.39, 0.29) is 23.2 Å². The first kappa shape index (κ1) is 23.5. The highest BCUT2D eigenvalue weighted by atomic mass is 35.5. The Kier molecular flexibility index (Phi) is 6.61. The minimum atomic E-state index is -0.727. The van der Waals surface area contributed by atoms with Crippen molar-refractivity contribution in [1.82, 2.24) is 15.1 Å². The molecule has 4 N–H and O–H groups in total. The lowest BCUT2D eigenvalue weighted by molar-refractivity contribution is -0.113. The van der Waals surface area contributed by atoms with Crippen molar-refractivity contribution < 1.29 is 14.1 Å². The standard InChI is InChI=1S/C25H18ClN5O4S/c26-15-9-10-18(17(12-15)23-30-25(34)35-31-23)29-24(33)20-11-14-5-4-8-19(22(14)28-20)27-21(32)13-36-16-6-2-1-3-7-16/h1-12,28H,13H2,(H,27,32)(H,29,33)(H,30,31,34). The molecule has 36 heavy (non-hydrogen) atoms. The van der Waals surface area contributed by atoms with Gasteiger partial charge in [-0.15, -0.1) is 11.8 Å². The van der Waals surface area contributed by atoms with Gasteiger partial charge in [0.2, 0.25) is 5.91 Å². The zero-order valence-corrected chi connectivity index (χ0v) is 20.1. The number of anilines is 2. The second-order valence-electron chi connectivity index (χ2n) is 7.69. The minimum Gasteiger partial charge on any atom is -0.349 e. The molecule has 3 aromatic carbocycles. The molecule has 0 aliphatic heterocycles.